The molecule has 2 saturated heterocycles. The summed E-state index contributed by atoms with van der Waals surface area (Å²) in [6, 6.07) is 4.88. The summed E-state index contributed by atoms with van der Waals surface area (Å²) in [4.78, 5) is 18.9. The summed E-state index contributed by atoms with van der Waals surface area (Å²) in [5.41, 5.74) is 8.83. The van der Waals surface area contributed by atoms with Crippen molar-refractivity contribution >= 4 is 5.91 Å². The van der Waals surface area contributed by atoms with Crippen LogP contribution >= 0.6 is 0 Å². The van der Waals surface area contributed by atoms with E-state index in [1.54, 1.807) is 6.20 Å². The number of amides is 1. The highest BCUT2D eigenvalue weighted by Gasteiger charge is 2.37. The molecule has 7 heteroatoms. The second kappa shape index (κ2) is 7.78. The molecule has 2 atom stereocenters. The average Bonchev–Trinajstić information content (AvgIpc) is 3.38. The highest BCUT2D eigenvalue weighted by molar-refractivity contribution is 5.93. The van der Waals surface area contributed by atoms with E-state index >= 15 is 0 Å². The summed E-state index contributed by atoms with van der Waals surface area (Å²) in [5.74, 6) is 1.11. The minimum atomic E-state index is 0.100. The van der Waals surface area contributed by atoms with Crippen molar-refractivity contribution in [3.05, 3.63) is 48.0 Å². The number of aromatic nitrogens is 3. The van der Waals surface area contributed by atoms with E-state index in [0.29, 0.717) is 23.4 Å². The van der Waals surface area contributed by atoms with Crippen molar-refractivity contribution in [3.8, 4) is 0 Å². The zero-order chi connectivity index (χ0) is 18.8. The summed E-state index contributed by atoms with van der Waals surface area (Å²) in [5, 5.41) is 4.30. The van der Waals surface area contributed by atoms with Crippen LogP contribution in [-0.2, 0) is 0 Å². The third-order valence-electron chi connectivity index (χ3n) is 5.87. The van der Waals surface area contributed by atoms with E-state index in [9.17, 15) is 4.79 Å². The number of hydrogen-bond donors (Lipinski definition) is 2. The topological polar surface area (TPSA) is 75.1 Å². The summed E-state index contributed by atoms with van der Waals surface area (Å²) < 4.78 is 1.84. The predicted molar refractivity (Wildman–Crippen MR) is 103 cm³/mol. The highest BCUT2D eigenvalue weighted by Crippen LogP contribution is 2.32. The first-order chi connectivity index (χ1) is 13.1. The van der Waals surface area contributed by atoms with Crippen LogP contribution in [0.4, 0.5) is 0 Å². The van der Waals surface area contributed by atoms with E-state index in [0.717, 1.165) is 32.5 Å². The minimum absolute atomic E-state index is 0.100. The van der Waals surface area contributed by atoms with Crippen molar-refractivity contribution in [1.82, 2.24) is 30.5 Å². The van der Waals surface area contributed by atoms with Gasteiger partial charge in [-0.3, -0.25) is 25.3 Å². The predicted octanol–water partition coefficient (Wildman–Crippen LogP) is 1.97. The summed E-state index contributed by atoms with van der Waals surface area (Å²) in [6.45, 7) is 6.67. The Bertz CT molecular complexity index is 766. The lowest BCUT2D eigenvalue weighted by atomic mass is 9.80. The second-order valence-electron chi connectivity index (χ2n) is 7.87. The van der Waals surface area contributed by atoms with Crippen molar-refractivity contribution in [1.29, 1.82) is 0 Å². The van der Waals surface area contributed by atoms with Gasteiger partial charge in [0.05, 0.1) is 11.8 Å². The number of pyridine rings is 1. The monoisotopic (exact) mass is 368 g/mol. The van der Waals surface area contributed by atoms with Crippen LogP contribution in [0.2, 0.25) is 0 Å². The molecule has 4 rings (SSSR count). The zero-order valence-corrected chi connectivity index (χ0v) is 16.0. The van der Waals surface area contributed by atoms with E-state index in [2.05, 4.69) is 46.9 Å². The average molecular weight is 368 g/mol. The number of nitrogens with zero attached hydrogens (tertiary/aromatic N) is 4. The summed E-state index contributed by atoms with van der Waals surface area (Å²) >= 11 is 0. The molecule has 2 unspecified atom stereocenters. The first-order valence-corrected chi connectivity index (χ1v) is 9.85. The Hall–Kier alpha value is -2.25. The van der Waals surface area contributed by atoms with Crippen LogP contribution in [0.25, 0.3) is 0 Å². The molecule has 0 radical (unpaired) electrons. The van der Waals surface area contributed by atoms with E-state index in [4.69, 9.17) is 0 Å². The molecule has 2 aromatic heterocycles. The van der Waals surface area contributed by atoms with Crippen LogP contribution in [0.5, 0.6) is 0 Å². The first-order valence-electron chi connectivity index (χ1n) is 9.85. The standard InChI is InChI=1S/C20H28N6O/c1-14(2)26-13-17(11-23-26)20(27)25-9-5-16(6-10-25)19-18(12-22-24-19)15-3-7-21-8-4-15/h3-4,7-8,11,13-14,16,18-19,22,24H,5-6,9-10,12H2,1-2H3. The van der Waals surface area contributed by atoms with Gasteiger partial charge in [-0.15, -0.1) is 0 Å². The molecule has 2 fully saturated rings. The number of nitrogens with one attached hydrogen (secondary N) is 2. The van der Waals surface area contributed by atoms with Gasteiger partial charge in [0.2, 0.25) is 0 Å². The first kappa shape index (κ1) is 18.1. The van der Waals surface area contributed by atoms with Crippen molar-refractivity contribution in [3.63, 3.8) is 0 Å². The van der Waals surface area contributed by atoms with Crippen LogP contribution in [-0.4, -0.2) is 51.2 Å². The molecule has 0 aliphatic carbocycles. The lowest BCUT2D eigenvalue weighted by Crippen LogP contribution is -2.45. The number of carbonyl (C=O) groups is 1. The molecule has 2 aliphatic rings. The van der Waals surface area contributed by atoms with Crippen molar-refractivity contribution < 1.29 is 4.79 Å². The molecule has 0 bridgehead atoms. The van der Waals surface area contributed by atoms with Crippen molar-refractivity contribution in [2.24, 2.45) is 5.92 Å². The third-order valence-corrected chi connectivity index (χ3v) is 5.87. The molecular weight excluding hydrogens is 340 g/mol. The SMILES string of the molecule is CC(C)n1cc(C(=O)N2CCC(C3NNCC3c3ccncc3)CC2)cn1. The van der Waals surface area contributed by atoms with Gasteiger partial charge in [0.1, 0.15) is 0 Å². The Morgan fingerprint density at radius 1 is 1.22 bits per heavy atom. The normalized spacial score (nSPS) is 23.9. The maximum Gasteiger partial charge on any atom is 0.257 e. The smallest absolute Gasteiger partial charge is 0.257 e. The number of likely N-dealkylation sites (tertiary alicyclic amines) is 1. The van der Waals surface area contributed by atoms with Gasteiger partial charge < -0.3 is 4.90 Å². The molecule has 144 valence electrons. The molecule has 4 heterocycles. The molecule has 7 nitrogen and oxygen atoms in total. The Kier molecular flexibility index (Phi) is 5.22. The van der Waals surface area contributed by atoms with Crippen LogP contribution in [0.15, 0.2) is 36.9 Å². The number of piperidine rings is 1. The van der Waals surface area contributed by atoms with E-state index < -0.39 is 0 Å². The van der Waals surface area contributed by atoms with Gasteiger partial charge in [-0.2, -0.15) is 5.10 Å². The third kappa shape index (κ3) is 3.75. The number of hydrazine groups is 1. The number of hydrogen-bond acceptors (Lipinski definition) is 5. The van der Waals surface area contributed by atoms with Gasteiger partial charge in [-0.1, -0.05) is 0 Å². The zero-order valence-electron chi connectivity index (χ0n) is 16.0. The lowest BCUT2D eigenvalue weighted by Gasteiger charge is -2.36. The largest absolute Gasteiger partial charge is 0.339 e. The Balaban J connectivity index is 1.37. The van der Waals surface area contributed by atoms with Crippen molar-refractivity contribution in [2.45, 2.75) is 44.7 Å². The fraction of sp³-hybridized carbons (Fsp3) is 0.550. The van der Waals surface area contributed by atoms with Gasteiger partial charge in [0.25, 0.3) is 5.91 Å². The molecule has 2 N–H and O–H groups in total. The molecule has 2 aliphatic heterocycles. The highest BCUT2D eigenvalue weighted by atomic mass is 16.2. The molecule has 0 aromatic carbocycles. The van der Waals surface area contributed by atoms with Crippen LogP contribution in [0, 0.1) is 5.92 Å². The van der Waals surface area contributed by atoms with Crippen LogP contribution in [0.3, 0.4) is 0 Å². The molecule has 0 saturated carbocycles. The van der Waals surface area contributed by atoms with Crippen LogP contribution < -0.4 is 10.9 Å². The number of rotatable bonds is 4. The van der Waals surface area contributed by atoms with Gasteiger partial charge in [0, 0.05) is 56.2 Å². The number of carbonyl (C=O) groups excluding carboxylic acids is 1. The molecule has 0 spiro atoms. The quantitative estimate of drug-likeness (QED) is 0.863. The van der Waals surface area contributed by atoms with Gasteiger partial charge in [-0.25, -0.2) is 0 Å². The second-order valence-corrected chi connectivity index (χ2v) is 7.87. The summed E-state index contributed by atoms with van der Waals surface area (Å²) in [6.07, 6.45) is 9.32. The minimum Gasteiger partial charge on any atom is -0.339 e. The summed E-state index contributed by atoms with van der Waals surface area (Å²) in [7, 11) is 0. The van der Waals surface area contributed by atoms with E-state index in [1.165, 1.54) is 5.56 Å². The molecule has 2 aromatic rings. The Morgan fingerprint density at radius 2 is 1.96 bits per heavy atom. The fourth-order valence-corrected chi connectivity index (χ4v) is 4.27. The molecule has 27 heavy (non-hydrogen) atoms. The maximum absolute atomic E-state index is 12.8. The van der Waals surface area contributed by atoms with Gasteiger partial charge in [-0.05, 0) is 50.3 Å². The van der Waals surface area contributed by atoms with Crippen LogP contribution in [0.1, 0.15) is 54.6 Å². The van der Waals surface area contributed by atoms with Gasteiger partial charge in [0.15, 0.2) is 0 Å². The Labute approximate surface area is 160 Å². The lowest BCUT2D eigenvalue weighted by molar-refractivity contribution is 0.0670. The Morgan fingerprint density at radius 3 is 2.63 bits per heavy atom. The fourth-order valence-electron chi connectivity index (χ4n) is 4.27. The van der Waals surface area contributed by atoms with Gasteiger partial charge >= 0.3 is 0 Å². The van der Waals surface area contributed by atoms with Crippen molar-refractivity contribution in [2.75, 3.05) is 19.6 Å². The van der Waals surface area contributed by atoms with E-state index in [1.807, 2.05) is 28.2 Å². The maximum atomic E-state index is 12.8. The van der Waals surface area contributed by atoms with E-state index in [-0.39, 0.29) is 11.9 Å². The molecular formula is C20H28N6O. The molecule has 1 amide bonds.